The van der Waals surface area contributed by atoms with Gasteiger partial charge in [0, 0.05) is 7.05 Å². The second-order valence-electron chi connectivity index (χ2n) is 3.90. The fourth-order valence-corrected chi connectivity index (χ4v) is 1.66. The summed E-state index contributed by atoms with van der Waals surface area (Å²) in [5, 5.41) is 0. The van der Waals surface area contributed by atoms with Crippen LogP contribution in [0.15, 0.2) is 18.2 Å². The van der Waals surface area contributed by atoms with Gasteiger partial charge in [-0.05, 0) is 12.1 Å². The summed E-state index contributed by atoms with van der Waals surface area (Å²) in [4.78, 5) is 18.4. The molecule has 7 heteroatoms. The molecule has 0 spiro atoms. The average molecular weight is 257 g/mol. The lowest BCUT2D eigenvalue weighted by molar-refractivity contribution is -0.136. The molecule has 0 fully saturated rings. The van der Waals surface area contributed by atoms with Gasteiger partial charge in [0.25, 0.3) is 0 Å². The standard InChI is InChI=1S/C11H10F3N3O/c1-17(6-18)5-9-15-8-4-2-3-7(10(8)16-9)11(12,13)14/h2-4,6H,5H2,1H3,(H,15,16). The molecule has 0 unspecified atom stereocenters. The molecule has 1 aromatic carbocycles. The van der Waals surface area contributed by atoms with Crippen LogP contribution in [-0.4, -0.2) is 28.3 Å². The molecule has 2 aromatic rings. The summed E-state index contributed by atoms with van der Waals surface area (Å²) in [6.45, 7) is 0.134. The summed E-state index contributed by atoms with van der Waals surface area (Å²) in [6, 6.07) is 3.81. The number of carbonyl (C=O) groups is 1. The summed E-state index contributed by atoms with van der Waals surface area (Å²) in [5.74, 6) is 0.316. The van der Waals surface area contributed by atoms with Crippen molar-refractivity contribution in [3.63, 3.8) is 0 Å². The van der Waals surface area contributed by atoms with Gasteiger partial charge in [-0.1, -0.05) is 6.07 Å². The Bertz CT molecular complexity index is 576. The minimum Gasteiger partial charge on any atom is -0.341 e. The summed E-state index contributed by atoms with van der Waals surface area (Å²) in [6.07, 6.45) is -3.86. The Hall–Kier alpha value is -2.05. The topological polar surface area (TPSA) is 49.0 Å². The van der Waals surface area contributed by atoms with Crippen molar-refractivity contribution in [1.82, 2.24) is 14.9 Å². The van der Waals surface area contributed by atoms with Gasteiger partial charge >= 0.3 is 6.18 Å². The number of nitrogens with one attached hydrogen (secondary N) is 1. The maximum Gasteiger partial charge on any atom is 0.418 e. The largest absolute Gasteiger partial charge is 0.418 e. The highest BCUT2D eigenvalue weighted by molar-refractivity contribution is 5.79. The van der Waals surface area contributed by atoms with Crippen LogP contribution >= 0.6 is 0 Å². The molecule has 18 heavy (non-hydrogen) atoms. The van der Waals surface area contributed by atoms with E-state index in [1.54, 1.807) is 0 Å². The number of rotatable bonds is 3. The first-order valence-corrected chi connectivity index (χ1v) is 5.12. The molecule has 0 radical (unpaired) electrons. The lowest BCUT2D eigenvalue weighted by atomic mass is 10.2. The van der Waals surface area contributed by atoms with Crippen molar-refractivity contribution in [2.75, 3.05) is 7.05 Å². The third-order valence-electron chi connectivity index (χ3n) is 2.45. The number of hydrogen-bond donors (Lipinski definition) is 1. The van der Waals surface area contributed by atoms with Crippen molar-refractivity contribution in [1.29, 1.82) is 0 Å². The lowest BCUT2D eigenvalue weighted by Gasteiger charge is -2.07. The van der Waals surface area contributed by atoms with Crippen LogP contribution in [0.4, 0.5) is 13.2 Å². The van der Waals surface area contributed by atoms with Gasteiger partial charge in [-0.2, -0.15) is 13.2 Å². The average Bonchev–Trinajstić information content (AvgIpc) is 2.68. The quantitative estimate of drug-likeness (QED) is 0.857. The molecule has 1 aromatic heterocycles. The zero-order valence-electron chi connectivity index (χ0n) is 9.45. The van der Waals surface area contributed by atoms with E-state index in [1.807, 2.05) is 0 Å². The monoisotopic (exact) mass is 257 g/mol. The number of aromatic nitrogens is 2. The number of amides is 1. The molecule has 0 atom stereocenters. The van der Waals surface area contributed by atoms with Gasteiger partial charge in [0.2, 0.25) is 6.41 Å². The second kappa shape index (κ2) is 4.32. The Morgan fingerprint density at radius 1 is 1.44 bits per heavy atom. The third-order valence-corrected chi connectivity index (χ3v) is 2.45. The van der Waals surface area contributed by atoms with E-state index in [4.69, 9.17) is 0 Å². The van der Waals surface area contributed by atoms with Crippen LogP contribution in [0.1, 0.15) is 11.4 Å². The molecule has 0 aliphatic heterocycles. The van der Waals surface area contributed by atoms with Gasteiger partial charge in [-0.3, -0.25) is 4.79 Å². The Morgan fingerprint density at radius 2 is 2.17 bits per heavy atom. The molecule has 1 heterocycles. The summed E-state index contributed by atoms with van der Waals surface area (Å²) >= 11 is 0. The zero-order chi connectivity index (χ0) is 13.3. The molecule has 0 saturated carbocycles. The molecule has 2 rings (SSSR count). The van der Waals surface area contributed by atoms with Gasteiger partial charge in [0.1, 0.15) is 11.3 Å². The highest BCUT2D eigenvalue weighted by Gasteiger charge is 2.33. The van der Waals surface area contributed by atoms with Crippen LogP contribution in [-0.2, 0) is 17.5 Å². The maximum absolute atomic E-state index is 12.7. The van der Waals surface area contributed by atoms with E-state index in [0.29, 0.717) is 17.8 Å². The van der Waals surface area contributed by atoms with Gasteiger partial charge < -0.3 is 9.88 Å². The summed E-state index contributed by atoms with van der Waals surface area (Å²) < 4.78 is 38.2. The Morgan fingerprint density at radius 3 is 2.78 bits per heavy atom. The van der Waals surface area contributed by atoms with Crippen molar-refractivity contribution in [3.05, 3.63) is 29.6 Å². The molecule has 0 saturated heterocycles. The number of nitrogens with zero attached hydrogens (tertiary/aromatic N) is 2. The number of imidazole rings is 1. The number of fused-ring (bicyclic) bond motifs is 1. The molecular formula is C11H10F3N3O. The first-order chi connectivity index (χ1) is 8.41. The van der Waals surface area contributed by atoms with E-state index < -0.39 is 11.7 Å². The van der Waals surface area contributed by atoms with Crippen LogP contribution in [0.3, 0.4) is 0 Å². The van der Waals surface area contributed by atoms with Crippen LogP contribution in [0, 0.1) is 0 Å². The third kappa shape index (κ3) is 2.29. The van der Waals surface area contributed by atoms with E-state index in [0.717, 1.165) is 6.07 Å². The van der Waals surface area contributed by atoms with Crippen molar-refractivity contribution in [2.24, 2.45) is 0 Å². The lowest BCUT2D eigenvalue weighted by Crippen LogP contribution is -2.15. The van der Waals surface area contributed by atoms with Crippen molar-refractivity contribution in [3.8, 4) is 0 Å². The molecule has 1 N–H and O–H groups in total. The minimum absolute atomic E-state index is 0.126. The number of halogens is 3. The predicted molar refractivity (Wildman–Crippen MR) is 58.6 cm³/mol. The zero-order valence-corrected chi connectivity index (χ0v) is 9.45. The molecule has 0 aliphatic carbocycles. The second-order valence-corrected chi connectivity index (χ2v) is 3.90. The van der Waals surface area contributed by atoms with E-state index in [-0.39, 0.29) is 12.1 Å². The van der Waals surface area contributed by atoms with E-state index in [9.17, 15) is 18.0 Å². The Labute approximate surface area is 100 Å². The van der Waals surface area contributed by atoms with Gasteiger partial charge in [0.15, 0.2) is 0 Å². The van der Waals surface area contributed by atoms with Crippen molar-refractivity contribution >= 4 is 17.4 Å². The van der Waals surface area contributed by atoms with Crippen LogP contribution in [0.2, 0.25) is 0 Å². The molecule has 1 amide bonds. The van der Waals surface area contributed by atoms with E-state index in [1.165, 1.54) is 24.1 Å². The van der Waals surface area contributed by atoms with E-state index in [2.05, 4.69) is 9.97 Å². The number of aromatic amines is 1. The van der Waals surface area contributed by atoms with E-state index >= 15 is 0 Å². The SMILES string of the molecule is CN(C=O)Cc1nc2c(C(F)(F)F)cccc2[nH]1. The highest BCUT2D eigenvalue weighted by atomic mass is 19.4. The number of hydrogen-bond acceptors (Lipinski definition) is 2. The number of benzene rings is 1. The molecular weight excluding hydrogens is 247 g/mol. The summed E-state index contributed by atoms with van der Waals surface area (Å²) in [7, 11) is 1.52. The highest BCUT2D eigenvalue weighted by Crippen LogP contribution is 2.33. The van der Waals surface area contributed by atoms with Crippen LogP contribution in [0.25, 0.3) is 11.0 Å². The molecule has 0 bridgehead atoms. The smallest absolute Gasteiger partial charge is 0.341 e. The fraction of sp³-hybridized carbons (Fsp3) is 0.273. The number of para-hydroxylation sites is 1. The predicted octanol–water partition coefficient (Wildman–Crippen LogP) is 2.17. The fourth-order valence-electron chi connectivity index (χ4n) is 1.66. The van der Waals surface area contributed by atoms with Crippen LogP contribution in [0.5, 0.6) is 0 Å². The maximum atomic E-state index is 12.7. The minimum atomic E-state index is -4.44. The number of carbonyl (C=O) groups excluding carboxylic acids is 1. The van der Waals surface area contributed by atoms with Crippen LogP contribution < -0.4 is 0 Å². The summed E-state index contributed by atoms with van der Waals surface area (Å²) in [5.41, 5.74) is -0.602. The normalized spacial score (nSPS) is 11.8. The Balaban J connectivity index is 2.48. The van der Waals surface area contributed by atoms with Crippen molar-refractivity contribution < 1.29 is 18.0 Å². The van der Waals surface area contributed by atoms with Crippen molar-refractivity contribution in [2.45, 2.75) is 12.7 Å². The van der Waals surface area contributed by atoms with Gasteiger partial charge in [-0.25, -0.2) is 4.98 Å². The first kappa shape index (κ1) is 12.4. The molecule has 0 aliphatic rings. The molecule has 4 nitrogen and oxygen atoms in total. The first-order valence-electron chi connectivity index (χ1n) is 5.12. The number of alkyl halides is 3. The molecule has 96 valence electrons. The van der Waals surface area contributed by atoms with Gasteiger partial charge in [0.05, 0.1) is 17.6 Å². The number of H-pyrrole nitrogens is 1. The van der Waals surface area contributed by atoms with Gasteiger partial charge in [-0.15, -0.1) is 0 Å². The Kier molecular flexibility index (Phi) is 2.98.